The second-order valence-electron chi connectivity index (χ2n) is 7.51. The van der Waals surface area contributed by atoms with E-state index in [-0.39, 0.29) is 6.03 Å². The van der Waals surface area contributed by atoms with Crippen molar-refractivity contribution in [1.82, 2.24) is 14.5 Å². The molecule has 5 rings (SSSR count). The van der Waals surface area contributed by atoms with Gasteiger partial charge in [-0.05, 0) is 42.9 Å². The molecular weight excluding hydrogens is 354 g/mol. The number of nitrogens with one attached hydrogen (secondary N) is 1. The van der Waals surface area contributed by atoms with Crippen LogP contribution in [0.4, 0.5) is 4.79 Å². The van der Waals surface area contributed by atoms with E-state index < -0.39 is 5.76 Å². The molecule has 2 aromatic carbocycles. The second-order valence-corrected chi connectivity index (χ2v) is 7.51. The van der Waals surface area contributed by atoms with Crippen LogP contribution in [0.1, 0.15) is 18.4 Å². The molecule has 1 amide bonds. The lowest BCUT2D eigenvalue weighted by Crippen LogP contribution is -2.41. The Morgan fingerprint density at radius 3 is 2.68 bits per heavy atom. The summed E-state index contributed by atoms with van der Waals surface area (Å²) in [5.74, 6) is 0.127. The van der Waals surface area contributed by atoms with E-state index in [0.29, 0.717) is 17.0 Å². The number of hydrogen-bond donors (Lipinski definition) is 1. The molecule has 142 valence electrons. The number of carbonyl (C=O) groups excluding carboxylic acids is 1. The summed E-state index contributed by atoms with van der Waals surface area (Å²) >= 11 is 0. The number of piperidine rings is 1. The molecular formula is C22H21N3O3. The van der Waals surface area contributed by atoms with Crippen molar-refractivity contribution in [2.24, 2.45) is 5.92 Å². The Hall–Kier alpha value is -3.28. The van der Waals surface area contributed by atoms with Crippen molar-refractivity contribution < 1.29 is 9.21 Å². The highest BCUT2D eigenvalue weighted by Crippen LogP contribution is 2.25. The molecule has 3 heterocycles. The van der Waals surface area contributed by atoms with E-state index in [1.807, 2.05) is 23.1 Å². The summed E-state index contributed by atoms with van der Waals surface area (Å²) in [5.41, 5.74) is 3.23. The van der Waals surface area contributed by atoms with Crippen LogP contribution < -0.4 is 5.76 Å². The van der Waals surface area contributed by atoms with Gasteiger partial charge in [-0.3, -0.25) is 9.55 Å². The van der Waals surface area contributed by atoms with Gasteiger partial charge in [-0.1, -0.05) is 30.3 Å². The molecule has 0 unspecified atom stereocenters. The summed E-state index contributed by atoms with van der Waals surface area (Å²) in [7, 11) is 0. The van der Waals surface area contributed by atoms with Crippen molar-refractivity contribution >= 4 is 28.0 Å². The molecule has 0 saturated carbocycles. The van der Waals surface area contributed by atoms with Gasteiger partial charge >= 0.3 is 11.8 Å². The van der Waals surface area contributed by atoms with Crippen LogP contribution in [0.15, 0.2) is 63.9 Å². The summed E-state index contributed by atoms with van der Waals surface area (Å²) in [4.78, 5) is 29.0. The first-order valence-corrected chi connectivity index (χ1v) is 9.64. The number of likely N-dealkylation sites (tertiary alicyclic amines) is 1. The average molecular weight is 375 g/mol. The highest BCUT2D eigenvalue weighted by molar-refractivity contribution is 5.98. The molecule has 2 aromatic heterocycles. The zero-order valence-electron chi connectivity index (χ0n) is 15.4. The van der Waals surface area contributed by atoms with Crippen molar-refractivity contribution in [3.8, 4) is 0 Å². The number of aromatic amines is 1. The van der Waals surface area contributed by atoms with Crippen molar-refractivity contribution in [2.45, 2.75) is 19.3 Å². The minimum Gasteiger partial charge on any atom is -0.408 e. The summed E-state index contributed by atoms with van der Waals surface area (Å²) < 4.78 is 6.80. The van der Waals surface area contributed by atoms with Gasteiger partial charge < -0.3 is 9.32 Å². The summed E-state index contributed by atoms with van der Waals surface area (Å²) in [5, 5.41) is 0.900. The average Bonchev–Trinajstić information content (AvgIpc) is 3.28. The molecule has 0 aliphatic carbocycles. The van der Waals surface area contributed by atoms with Crippen LogP contribution >= 0.6 is 0 Å². The lowest BCUT2D eigenvalue weighted by Gasteiger charge is -2.32. The Bertz CT molecular complexity index is 1190. The number of amides is 1. The van der Waals surface area contributed by atoms with E-state index in [2.05, 4.69) is 29.2 Å². The minimum absolute atomic E-state index is 0.0228. The molecule has 1 aliphatic heterocycles. The van der Waals surface area contributed by atoms with Crippen LogP contribution in [-0.4, -0.2) is 33.6 Å². The maximum absolute atomic E-state index is 13.1. The van der Waals surface area contributed by atoms with E-state index in [4.69, 9.17) is 4.42 Å². The number of oxazole rings is 1. The maximum atomic E-state index is 13.1. The fraction of sp³-hybridized carbons (Fsp3) is 0.273. The molecule has 0 atom stereocenters. The highest BCUT2D eigenvalue weighted by Gasteiger charge is 2.24. The smallest absolute Gasteiger partial charge is 0.408 e. The molecule has 1 fully saturated rings. The molecule has 6 heteroatoms. The number of nitrogens with zero attached hydrogens (tertiary/aromatic N) is 2. The van der Waals surface area contributed by atoms with Crippen LogP contribution in [0.2, 0.25) is 0 Å². The van der Waals surface area contributed by atoms with Crippen LogP contribution in [0, 0.1) is 5.92 Å². The lowest BCUT2D eigenvalue weighted by molar-refractivity contribution is 0.172. The van der Waals surface area contributed by atoms with Gasteiger partial charge in [-0.15, -0.1) is 0 Å². The lowest BCUT2D eigenvalue weighted by atomic mass is 9.90. The first-order chi connectivity index (χ1) is 13.7. The van der Waals surface area contributed by atoms with Gasteiger partial charge in [0.05, 0.1) is 11.0 Å². The number of carbonyl (C=O) groups is 1. The number of H-pyrrole nitrogens is 1. The van der Waals surface area contributed by atoms with E-state index in [1.165, 1.54) is 5.56 Å². The van der Waals surface area contributed by atoms with E-state index in [9.17, 15) is 9.59 Å². The minimum atomic E-state index is -0.485. The van der Waals surface area contributed by atoms with Crippen LogP contribution in [-0.2, 0) is 6.42 Å². The molecule has 1 N–H and O–H groups in total. The van der Waals surface area contributed by atoms with Gasteiger partial charge in [0.1, 0.15) is 0 Å². The molecule has 28 heavy (non-hydrogen) atoms. The van der Waals surface area contributed by atoms with E-state index >= 15 is 0 Å². The number of hydrogen-bond acceptors (Lipinski definition) is 3. The van der Waals surface area contributed by atoms with Crippen molar-refractivity contribution in [3.05, 3.63) is 70.8 Å². The zero-order valence-corrected chi connectivity index (χ0v) is 15.4. The van der Waals surface area contributed by atoms with Gasteiger partial charge in [0.15, 0.2) is 5.58 Å². The Balaban J connectivity index is 1.33. The fourth-order valence-electron chi connectivity index (χ4n) is 4.18. The molecule has 1 saturated heterocycles. The normalized spacial score (nSPS) is 15.5. The largest absolute Gasteiger partial charge is 0.417 e. The van der Waals surface area contributed by atoms with E-state index in [1.54, 1.807) is 16.8 Å². The summed E-state index contributed by atoms with van der Waals surface area (Å²) in [6.45, 7) is 1.52. The van der Waals surface area contributed by atoms with Crippen molar-refractivity contribution in [3.63, 3.8) is 0 Å². The highest BCUT2D eigenvalue weighted by atomic mass is 16.4. The Morgan fingerprint density at radius 1 is 1.11 bits per heavy atom. The summed E-state index contributed by atoms with van der Waals surface area (Å²) in [6.07, 6.45) is 4.88. The number of rotatable bonds is 2. The monoisotopic (exact) mass is 375 g/mol. The number of fused-ring (bicyclic) bond motifs is 2. The third-order valence-corrected chi connectivity index (χ3v) is 5.69. The molecule has 4 aromatic rings. The molecule has 0 radical (unpaired) electrons. The zero-order chi connectivity index (χ0) is 19.1. The fourth-order valence-corrected chi connectivity index (χ4v) is 4.18. The van der Waals surface area contributed by atoms with Gasteiger partial charge in [0.2, 0.25) is 0 Å². The maximum Gasteiger partial charge on any atom is 0.417 e. The predicted molar refractivity (Wildman–Crippen MR) is 108 cm³/mol. The Kier molecular flexibility index (Phi) is 4.04. The molecule has 0 bridgehead atoms. The van der Waals surface area contributed by atoms with Crippen LogP contribution in [0.3, 0.4) is 0 Å². The van der Waals surface area contributed by atoms with Crippen molar-refractivity contribution in [2.75, 3.05) is 13.1 Å². The second kappa shape index (κ2) is 6.71. The summed E-state index contributed by atoms with van der Waals surface area (Å²) in [6, 6.07) is 16.0. The third-order valence-electron chi connectivity index (χ3n) is 5.69. The predicted octanol–water partition coefficient (Wildman–Crippen LogP) is 4.00. The third kappa shape index (κ3) is 3.01. The SMILES string of the molecule is O=C(N1CCC(Cc2ccccc2)CC1)n1ccc2cc3[nH]c(=O)oc3cc21. The Labute approximate surface area is 161 Å². The standard InChI is InChI=1S/C22H21N3O3/c26-21-23-18-13-17-8-11-25(19(17)14-20(18)28-21)22(27)24-9-6-16(7-10-24)12-15-4-2-1-3-5-15/h1-5,8,11,13-14,16H,6-7,9-10,12H2,(H,23,26). The molecule has 0 spiro atoms. The van der Waals surface area contributed by atoms with Crippen molar-refractivity contribution in [1.29, 1.82) is 0 Å². The quantitative estimate of drug-likeness (QED) is 0.576. The number of aromatic nitrogens is 2. The Morgan fingerprint density at radius 2 is 1.89 bits per heavy atom. The van der Waals surface area contributed by atoms with Gasteiger partial charge in [-0.25, -0.2) is 9.59 Å². The van der Waals surface area contributed by atoms with Crippen LogP contribution in [0.25, 0.3) is 22.0 Å². The van der Waals surface area contributed by atoms with Gasteiger partial charge in [-0.2, -0.15) is 0 Å². The first kappa shape index (κ1) is 16.9. The van der Waals surface area contributed by atoms with E-state index in [0.717, 1.165) is 43.3 Å². The topological polar surface area (TPSA) is 71.2 Å². The number of benzene rings is 2. The molecule has 6 nitrogen and oxygen atoms in total. The van der Waals surface area contributed by atoms with Gasteiger partial charge in [0.25, 0.3) is 0 Å². The first-order valence-electron chi connectivity index (χ1n) is 9.64. The molecule has 1 aliphatic rings. The van der Waals surface area contributed by atoms with Gasteiger partial charge in [0, 0.05) is 30.7 Å². The van der Waals surface area contributed by atoms with Crippen LogP contribution in [0.5, 0.6) is 0 Å².